The van der Waals surface area contributed by atoms with Crippen LogP contribution in [0.1, 0.15) is 27.0 Å². The van der Waals surface area contributed by atoms with E-state index in [4.69, 9.17) is 4.74 Å². The van der Waals surface area contributed by atoms with E-state index >= 15 is 0 Å². The third kappa shape index (κ3) is 6.40. The van der Waals surface area contributed by atoms with Crippen molar-refractivity contribution in [3.63, 3.8) is 0 Å². The first-order valence-electron chi connectivity index (χ1n) is 10.1. The van der Waals surface area contributed by atoms with E-state index in [2.05, 4.69) is 10.6 Å². The molecule has 0 aliphatic carbocycles. The summed E-state index contributed by atoms with van der Waals surface area (Å²) in [7, 11) is 1.31. The van der Waals surface area contributed by atoms with Gasteiger partial charge in [0.2, 0.25) is 0 Å². The second-order valence-corrected chi connectivity index (χ2v) is 7.01. The minimum Gasteiger partial charge on any atom is -0.465 e. The summed E-state index contributed by atoms with van der Waals surface area (Å²) in [5.74, 6) is -1.44. The average molecular weight is 428 g/mol. The molecule has 32 heavy (non-hydrogen) atoms. The van der Waals surface area contributed by atoms with Crippen molar-refractivity contribution >= 4 is 23.9 Å². The quantitative estimate of drug-likeness (QED) is 0.249. The summed E-state index contributed by atoms with van der Waals surface area (Å²) in [6.07, 6.45) is 1.50. The Morgan fingerprint density at radius 1 is 0.719 bits per heavy atom. The molecule has 2 amide bonds. The van der Waals surface area contributed by atoms with Crippen LogP contribution in [0.3, 0.4) is 0 Å². The zero-order valence-electron chi connectivity index (χ0n) is 17.7. The van der Waals surface area contributed by atoms with Gasteiger partial charge in [0.15, 0.2) is 0 Å². The number of hydrogen-bond donors (Lipinski definition) is 2. The molecule has 0 spiro atoms. The number of carbonyl (C=O) groups is 3. The van der Waals surface area contributed by atoms with Crippen molar-refractivity contribution in [3.8, 4) is 0 Å². The van der Waals surface area contributed by atoms with Crippen LogP contribution in [0, 0.1) is 0 Å². The number of hydrogen-bond acceptors (Lipinski definition) is 4. The summed E-state index contributed by atoms with van der Waals surface area (Å²) in [5.41, 5.74) is 2.81. The number of rotatable bonds is 8. The minimum absolute atomic E-state index is 0.0253. The van der Waals surface area contributed by atoms with E-state index in [0.29, 0.717) is 24.2 Å². The first-order valence-corrected chi connectivity index (χ1v) is 10.1. The van der Waals surface area contributed by atoms with Crippen LogP contribution in [0.2, 0.25) is 0 Å². The second-order valence-electron chi connectivity index (χ2n) is 7.01. The largest absolute Gasteiger partial charge is 0.465 e. The van der Waals surface area contributed by atoms with E-state index in [1.54, 1.807) is 24.3 Å². The lowest BCUT2D eigenvalue weighted by Crippen LogP contribution is -2.34. The molecule has 2 N–H and O–H groups in total. The van der Waals surface area contributed by atoms with Crippen molar-refractivity contribution in [1.82, 2.24) is 10.6 Å². The maximum atomic E-state index is 12.9. The van der Waals surface area contributed by atoms with Gasteiger partial charge < -0.3 is 15.4 Å². The van der Waals surface area contributed by atoms with E-state index in [9.17, 15) is 14.4 Å². The molecule has 3 rings (SSSR count). The van der Waals surface area contributed by atoms with Crippen molar-refractivity contribution in [2.24, 2.45) is 0 Å². The van der Waals surface area contributed by atoms with Crippen molar-refractivity contribution in [2.45, 2.75) is 13.1 Å². The molecule has 0 radical (unpaired) electrons. The van der Waals surface area contributed by atoms with Gasteiger partial charge >= 0.3 is 5.97 Å². The van der Waals surface area contributed by atoms with Gasteiger partial charge in [-0.2, -0.15) is 0 Å². The molecule has 3 aromatic carbocycles. The highest BCUT2D eigenvalue weighted by Gasteiger charge is 2.18. The molecule has 6 nitrogen and oxygen atoms in total. The number of esters is 1. The molecular weight excluding hydrogens is 404 g/mol. The van der Waals surface area contributed by atoms with Gasteiger partial charge in [0.1, 0.15) is 5.57 Å². The topological polar surface area (TPSA) is 84.5 Å². The predicted molar refractivity (Wildman–Crippen MR) is 122 cm³/mol. The molecule has 0 heterocycles. The van der Waals surface area contributed by atoms with Gasteiger partial charge in [0.05, 0.1) is 12.7 Å². The highest BCUT2D eigenvalue weighted by molar-refractivity contribution is 6.21. The Bertz CT molecular complexity index is 1030. The van der Waals surface area contributed by atoms with Gasteiger partial charge in [-0.1, -0.05) is 72.8 Å². The van der Waals surface area contributed by atoms with Crippen LogP contribution >= 0.6 is 0 Å². The minimum atomic E-state index is -0.489. The lowest BCUT2D eigenvalue weighted by Gasteiger charge is -2.11. The smallest absolute Gasteiger partial charge is 0.337 e. The fourth-order valence-electron chi connectivity index (χ4n) is 2.98. The molecule has 0 saturated heterocycles. The van der Waals surface area contributed by atoms with Gasteiger partial charge in [-0.25, -0.2) is 4.79 Å². The molecule has 0 fully saturated rings. The zero-order valence-corrected chi connectivity index (χ0v) is 17.7. The van der Waals surface area contributed by atoms with Crippen molar-refractivity contribution in [3.05, 3.63) is 113 Å². The Morgan fingerprint density at radius 2 is 1.19 bits per heavy atom. The maximum absolute atomic E-state index is 12.9. The number of amides is 2. The van der Waals surface area contributed by atoms with Crippen molar-refractivity contribution < 1.29 is 19.1 Å². The number of ether oxygens (including phenoxy) is 1. The molecular formula is C26H24N2O4. The number of carbonyl (C=O) groups excluding carboxylic acids is 3. The lowest BCUT2D eigenvalue weighted by atomic mass is 10.1. The number of benzene rings is 3. The van der Waals surface area contributed by atoms with Crippen LogP contribution in [0.5, 0.6) is 0 Å². The highest BCUT2D eigenvalue weighted by Crippen LogP contribution is 2.12. The molecule has 162 valence electrons. The molecule has 0 saturated carbocycles. The first kappa shape index (κ1) is 22.5. The molecule has 0 bridgehead atoms. The summed E-state index contributed by atoms with van der Waals surface area (Å²) in [6.45, 7) is 0.592. The van der Waals surface area contributed by atoms with Gasteiger partial charge in [-0.05, 0) is 34.9 Å². The molecule has 3 aromatic rings. The van der Waals surface area contributed by atoms with Crippen LogP contribution < -0.4 is 10.6 Å². The normalized spacial score (nSPS) is 10.0. The Hall–Kier alpha value is -4.19. The fourth-order valence-corrected chi connectivity index (χ4v) is 2.98. The van der Waals surface area contributed by atoms with E-state index in [0.717, 1.165) is 11.1 Å². The van der Waals surface area contributed by atoms with Gasteiger partial charge in [0.25, 0.3) is 11.8 Å². The first-order chi connectivity index (χ1) is 15.6. The Labute approximate surface area is 186 Å². The monoisotopic (exact) mass is 428 g/mol. The van der Waals surface area contributed by atoms with Crippen LogP contribution in [-0.4, -0.2) is 24.9 Å². The number of methoxy groups -OCH3 is 1. The van der Waals surface area contributed by atoms with Crippen molar-refractivity contribution in [2.75, 3.05) is 7.11 Å². The fraction of sp³-hybridized carbons (Fsp3) is 0.115. The van der Waals surface area contributed by atoms with Crippen molar-refractivity contribution in [1.29, 1.82) is 0 Å². The van der Waals surface area contributed by atoms with Crippen LogP contribution in [0.25, 0.3) is 6.08 Å². The van der Waals surface area contributed by atoms with Crippen LogP contribution in [0.4, 0.5) is 0 Å². The third-order valence-corrected chi connectivity index (χ3v) is 4.72. The summed E-state index contributed by atoms with van der Waals surface area (Å²) >= 11 is 0. The average Bonchev–Trinajstić information content (AvgIpc) is 2.85. The molecule has 0 aromatic heterocycles. The molecule has 6 heteroatoms. The number of nitrogens with one attached hydrogen (secondary N) is 2. The van der Waals surface area contributed by atoms with Crippen LogP contribution in [-0.2, 0) is 27.4 Å². The predicted octanol–water partition coefficient (Wildman–Crippen LogP) is 3.49. The van der Waals surface area contributed by atoms with E-state index in [1.165, 1.54) is 13.2 Å². The maximum Gasteiger partial charge on any atom is 0.337 e. The SMILES string of the molecule is COC(=O)c1ccc(C=C(C(=O)NCc2ccccc2)C(=O)NCc2ccccc2)cc1. The Balaban J connectivity index is 1.78. The molecule has 0 aliphatic heterocycles. The standard InChI is InChI=1S/C26H24N2O4/c1-32-26(31)22-14-12-19(13-15-22)16-23(24(29)27-17-20-8-4-2-5-9-20)25(30)28-18-21-10-6-3-7-11-21/h2-16H,17-18H2,1H3,(H,27,29)(H,28,30). The zero-order chi connectivity index (χ0) is 22.8. The summed E-state index contributed by atoms with van der Waals surface area (Å²) in [6, 6.07) is 25.4. The van der Waals surface area contributed by atoms with E-state index < -0.39 is 17.8 Å². The molecule has 0 aliphatic rings. The van der Waals surface area contributed by atoms with Gasteiger partial charge in [-0.3, -0.25) is 9.59 Å². The van der Waals surface area contributed by atoms with Gasteiger partial charge in [-0.15, -0.1) is 0 Å². The molecule has 0 unspecified atom stereocenters. The summed E-state index contributed by atoms with van der Waals surface area (Å²) in [4.78, 5) is 37.4. The highest BCUT2D eigenvalue weighted by atomic mass is 16.5. The molecule has 0 atom stereocenters. The van der Waals surface area contributed by atoms with E-state index in [-0.39, 0.29) is 5.57 Å². The lowest BCUT2D eigenvalue weighted by molar-refractivity contribution is -0.123. The van der Waals surface area contributed by atoms with E-state index in [1.807, 2.05) is 60.7 Å². The third-order valence-electron chi connectivity index (χ3n) is 4.72. The summed E-state index contributed by atoms with van der Waals surface area (Å²) < 4.78 is 4.70. The van der Waals surface area contributed by atoms with Crippen LogP contribution in [0.15, 0.2) is 90.5 Å². The Kier molecular flexibility index (Phi) is 7.92. The Morgan fingerprint density at radius 3 is 1.62 bits per heavy atom. The van der Waals surface area contributed by atoms with Gasteiger partial charge in [0, 0.05) is 13.1 Å². The summed E-state index contributed by atoms with van der Waals surface area (Å²) in [5, 5.41) is 5.59. The second kappa shape index (κ2) is 11.3.